The summed E-state index contributed by atoms with van der Waals surface area (Å²) >= 11 is 0. The van der Waals surface area contributed by atoms with E-state index in [4.69, 9.17) is 16.2 Å². The number of amides is 1. The molecule has 0 radical (unpaired) electrons. The van der Waals surface area contributed by atoms with Gasteiger partial charge in [-0.25, -0.2) is 9.97 Å². The van der Waals surface area contributed by atoms with E-state index >= 15 is 0 Å². The van der Waals surface area contributed by atoms with E-state index in [1.54, 1.807) is 67.7 Å². The number of fused-ring (bicyclic) bond motifs is 1. The van der Waals surface area contributed by atoms with Gasteiger partial charge in [-0.1, -0.05) is 30.3 Å². The number of anilines is 1. The van der Waals surface area contributed by atoms with Crippen molar-refractivity contribution in [2.45, 2.75) is 12.8 Å². The molecule has 0 saturated carbocycles. The van der Waals surface area contributed by atoms with Crippen LogP contribution >= 0.6 is 0 Å². The largest absolute Gasteiger partial charge is 0.481 e. The number of aryl methyl sites for hydroxylation is 1. The van der Waals surface area contributed by atoms with Crippen LogP contribution in [0, 0.1) is 5.41 Å². The normalized spacial score (nSPS) is 10.8. The minimum Gasteiger partial charge on any atom is -0.481 e. The second-order valence-corrected chi connectivity index (χ2v) is 8.20. The van der Waals surface area contributed by atoms with Crippen LogP contribution in [0.2, 0.25) is 0 Å². The molecule has 2 heterocycles. The van der Waals surface area contributed by atoms with E-state index in [0.29, 0.717) is 33.7 Å². The smallest absolute Gasteiger partial charge is 0.305 e. The number of hydrogen-bond donors (Lipinski definition) is 3. The first kappa shape index (κ1) is 24.3. The van der Waals surface area contributed by atoms with E-state index in [1.807, 2.05) is 0 Å². The third kappa shape index (κ3) is 5.12. The Bertz CT molecular complexity index is 1510. The molecule has 0 atom stereocenters. The van der Waals surface area contributed by atoms with Gasteiger partial charge in [-0.2, -0.15) is 0 Å². The maximum Gasteiger partial charge on any atom is 0.305 e. The minimum absolute atomic E-state index is 0.0402. The lowest BCUT2D eigenvalue weighted by molar-refractivity contribution is -0.136. The summed E-state index contributed by atoms with van der Waals surface area (Å²) in [6.07, 6.45) is 1.55. The minimum atomic E-state index is -1.03. The highest BCUT2D eigenvalue weighted by molar-refractivity contribution is 6.07. The van der Waals surface area contributed by atoms with Crippen LogP contribution in [0.5, 0.6) is 0 Å². The van der Waals surface area contributed by atoms with Crippen molar-refractivity contribution in [1.82, 2.24) is 14.5 Å². The van der Waals surface area contributed by atoms with Gasteiger partial charge in [-0.15, -0.1) is 0 Å². The van der Waals surface area contributed by atoms with Crippen LogP contribution in [0.4, 0.5) is 5.82 Å². The monoisotopic (exact) mass is 484 g/mol. The number of nitrogens with one attached hydrogen (secondary N) is 1. The van der Waals surface area contributed by atoms with Crippen LogP contribution in [0.3, 0.4) is 0 Å². The highest BCUT2D eigenvalue weighted by Gasteiger charge is 2.21. The van der Waals surface area contributed by atoms with Crippen molar-refractivity contribution in [3.63, 3.8) is 0 Å². The number of nitrogen functional groups attached to an aromatic ring is 1. The lowest BCUT2D eigenvalue weighted by Gasteiger charge is -2.21. The van der Waals surface area contributed by atoms with Crippen LogP contribution < -0.4 is 16.2 Å². The number of benzene rings is 2. The van der Waals surface area contributed by atoms with Crippen molar-refractivity contribution in [1.29, 1.82) is 5.41 Å². The maximum atomic E-state index is 13.4. The molecule has 0 bridgehead atoms. The van der Waals surface area contributed by atoms with Crippen molar-refractivity contribution in [3.8, 4) is 0 Å². The molecule has 4 aromatic rings. The highest BCUT2D eigenvalue weighted by Crippen LogP contribution is 2.19. The second kappa shape index (κ2) is 10.2. The van der Waals surface area contributed by atoms with Crippen LogP contribution in [-0.2, 0) is 18.3 Å². The van der Waals surface area contributed by atoms with Crippen molar-refractivity contribution in [2.24, 2.45) is 12.8 Å². The molecule has 0 aliphatic carbocycles. The summed E-state index contributed by atoms with van der Waals surface area (Å²) in [7, 11) is 1.64. The Balaban J connectivity index is 1.70. The van der Waals surface area contributed by atoms with E-state index in [2.05, 4.69) is 9.97 Å². The number of aliphatic carboxylic acids is 1. The van der Waals surface area contributed by atoms with Crippen molar-refractivity contribution < 1.29 is 14.7 Å². The molecule has 10 nitrogen and oxygen atoms in total. The van der Waals surface area contributed by atoms with Gasteiger partial charge in [0.1, 0.15) is 17.3 Å². The molecular formula is C26H24N6O4. The molecule has 0 spiro atoms. The Morgan fingerprint density at radius 1 is 1.08 bits per heavy atom. The molecule has 0 unspecified atom stereocenters. The van der Waals surface area contributed by atoms with Crippen LogP contribution in [0.15, 0.2) is 71.7 Å². The van der Waals surface area contributed by atoms with Gasteiger partial charge in [0.05, 0.1) is 17.5 Å². The van der Waals surface area contributed by atoms with Crippen molar-refractivity contribution in [2.75, 3.05) is 11.4 Å². The highest BCUT2D eigenvalue weighted by atomic mass is 16.4. The first-order valence-corrected chi connectivity index (χ1v) is 11.1. The Kier molecular flexibility index (Phi) is 6.86. The summed E-state index contributed by atoms with van der Waals surface area (Å²) in [5.74, 6) is -1.15. The number of rotatable bonds is 8. The average molecular weight is 485 g/mol. The van der Waals surface area contributed by atoms with Gasteiger partial charge in [0.2, 0.25) is 0 Å². The van der Waals surface area contributed by atoms with E-state index in [9.17, 15) is 14.4 Å². The van der Waals surface area contributed by atoms with E-state index in [0.717, 1.165) is 5.56 Å². The first-order chi connectivity index (χ1) is 17.2. The van der Waals surface area contributed by atoms with Gasteiger partial charge in [0.15, 0.2) is 0 Å². The van der Waals surface area contributed by atoms with Gasteiger partial charge >= 0.3 is 5.97 Å². The summed E-state index contributed by atoms with van der Waals surface area (Å²) in [6, 6.07) is 16.9. The van der Waals surface area contributed by atoms with Gasteiger partial charge in [0, 0.05) is 37.3 Å². The van der Waals surface area contributed by atoms with Gasteiger partial charge in [-0.3, -0.25) is 24.7 Å². The number of aromatic nitrogens is 3. The maximum absolute atomic E-state index is 13.4. The summed E-state index contributed by atoms with van der Waals surface area (Å²) in [5.41, 5.74) is 8.27. The molecule has 4 rings (SSSR count). The molecule has 4 N–H and O–H groups in total. The number of nitrogens with zero attached hydrogens (tertiary/aromatic N) is 4. The number of nitrogens with two attached hydrogens (primary N) is 1. The molecule has 0 aliphatic heterocycles. The van der Waals surface area contributed by atoms with Crippen LogP contribution in [0.25, 0.3) is 11.0 Å². The molecular weight excluding hydrogens is 460 g/mol. The second-order valence-electron chi connectivity index (χ2n) is 8.20. The lowest BCUT2D eigenvalue weighted by Crippen LogP contribution is -2.33. The van der Waals surface area contributed by atoms with Crippen molar-refractivity contribution >= 4 is 34.6 Å². The summed E-state index contributed by atoms with van der Waals surface area (Å²) in [4.78, 5) is 47.5. The number of carbonyl (C=O) groups excluding carboxylic acids is 1. The number of pyridine rings is 1. The van der Waals surface area contributed by atoms with Gasteiger partial charge in [0.25, 0.3) is 11.5 Å². The number of hydrogen-bond acceptors (Lipinski definition) is 6. The molecule has 0 saturated heterocycles. The number of carbonyl (C=O) groups is 2. The predicted octanol–water partition coefficient (Wildman–Crippen LogP) is 2.32. The zero-order valence-electron chi connectivity index (χ0n) is 19.5. The van der Waals surface area contributed by atoms with E-state index in [-0.39, 0.29) is 30.8 Å². The van der Waals surface area contributed by atoms with Crippen LogP contribution in [0.1, 0.15) is 33.6 Å². The predicted molar refractivity (Wildman–Crippen MR) is 135 cm³/mol. The van der Waals surface area contributed by atoms with E-state index in [1.165, 1.54) is 15.7 Å². The Hall–Kier alpha value is -4.86. The molecule has 10 heteroatoms. The summed E-state index contributed by atoms with van der Waals surface area (Å²) in [6.45, 7) is -0.0502. The fourth-order valence-corrected chi connectivity index (χ4v) is 3.83. The summed E-state index contributed by atoms with van der Waals surface area (Å²) < 4.78 is 1.48. The quantitative estimate of drug-likeness (QED) is 0.256. The molecule has 1 amide bonds. The Morgan fingerprint density at radius 2 is 1.81 bits per heavy atom. The SMILES string of the molecule is Cn1c(=O)c(Cc2ccc(C(=N)N)cc2)nc2cc(C(=O)N(CCC(=O)O)c3ccccn3)ccc21. The Morgan fingerprint density at radius 3 is 2.44 bits per heavy atom. The fourth-order valence-electron chi connectivity index (χ4n) is 3.83. The Labute approximate surface area is 206 Å². The topological polar surface area (TPSA) is 155 Å². The zero-order valence-corrected chi connectivity index (χ0v) is 19.5. The van der Waals surface area contributed by atoms with Gasteiger partial charge in [-0.05, 0) is 35.9 Å². The first-order valence-electron chi connectivity index (χ1n) is 11.1. The third-order valence-electron chi connectivity index (χ3n) is 5.75. The van der Waals surface area contributed by atoms with Crippen molar-refractivity contribution in [3.05, 3.63) is 99.6 Å². The zero-order chi connectivity index (χ0) is 25.8. The molecule has 2 aromatic carbocycles. The number of carboxylic acids is 1. The van der Waals surface area contributed by atoms with Crippen LogP contribution in [-0.4, -0.2) is 43.9 Å². The molecule has 36 heavy (non-hydrogen) atoms. The average Bonchev–Trinajstić information content (AvgIpc) is 2.87. The lowest BCUT2D eigenvalue weighted by atomic mass is 10.1. The molecule has 2 aromatic heterocycles. The summed E-state index contributed by atoms with van der Waals surface area (Å²) in [5, 5.41) is 16.7. The standard InChI is InChI=1S/C26H24N6O4/c1-31-21-10-9-18(25(35)32(13-11-23(33)34)22-4-2-3-12-29-22)15-19(21)30-20(26(31)36)14-16-5-7-17(8-6-16)24(27)28/h2-10,12,15H,11,13-14H2,1H3,(H3,27,28)(H,33,34). The number of carboxylic acid groups (broad SMARTS) is 1. The molecule has 0 aliphatic rings. The molecule has 182 valence electrons. The van der Waals surface area contributed by atoms with E-state index < -0.39 is 11.9 Å². The number of amidine groups is 1. The fraction of sp³-hybridized carbons (Fsp3) is 0.154. The molecule has 0 fully saturated rings. The van der Waals surface area contributed by atoms with Gasteiger partial charge < -0.3 is 15.4 Å². The third-order valence-corrected chi connectivity index (χ3v) is 5.75.